The average Bonchev–Trinajstić information content (AvgIpc) is 2.14. The van der Waals surface area contributed by atoms with Gasteiger partial charge in [0.15, 0.2) is 0 Å². The van der Waals surface area contributed by atoms with Crippen LogP contribution in [0.1, 0.15) is 37.5 Å². The van der Waals surface area contributed by atoms with E-state index >= 15 is 0 Å². The molecule has 1 aromatic carbocycles. The lowest BCUT2D eigenvalue weighted by molar-refractivity contribution is -0.114. The van der Waals surface area contributed by atoms with Crippen molar-refractivity contribution in [2.75, 3.05) is 5.32 Å². The Labute approximate surface area is 92.7 Å². The van der Waals surface area contributed by atoms with Crippen molar-refractivity contribution in [1.82, 2.24) is 0 Å². The summed E-state index contributed by atoms with van der Waals surface area (Å²) in [5.74, 6) is -0.0185. The molecule has 0 aliphatic heterocycles. The molecule has 0 bridgehead atoms. The lowest BCUT2D eigenvalue weighted by Crippen LogP contribution is -2.08. The third-order valence-electron chi connectivity index (χ3n) is 1.98. The molecule has 0 unspecified atom stereocenters. The van der Waals surface area contributed by atoms with E-state index in [9.17, 15) is 4.79 Å². The highest BCUT2D eigenvalue weighted by molar-refractivity contribution is 5.90. The second-order valence-electron chi connectivity index (χ2n) is 3.45. The van der Waals surface area contributed by atoms with Crippen LogP contribution in [0, 0.1) is 20.8 Å². The summed E-state index contributed by atoms with van der Waals surface area (Å²) < 4.78 is 0. The minimum absolute atomic E-state index is 0.0185. The summed E-state index contributed by atoms with van der Waals surface area (Å²) in [7, 11) is 0. The SMILES string of the molecule is CC.CC(=O)Nc1c(C)cc(C)cc1C. The Morgan fingerprint density at radius 2 is 1.47 bits per heavy atom. The van der Waals surface area contributed by atoms with Crippen LogP contribution in [-0.4, -0.2) is 5.91 Å². The van der Waals surface area contributed by atoms with E-state index in [2.05, 4.69) is 24.4 Å². The quantitative estimate of drug-likeness (QED) is 0.749. The smallest absolute Gasteiger partial charge is 0.221 e. The number of aryl methyl sites for hydroxylation is 3. The second-order valence-corrected chi connectivity index (χ2v) is 3.45. The third-order valence-corrected chi connectivity index (χ3v) is 1.98. The maximum absolute atomic E-state index is 10.9. The van der Waals surface area contributed by atoms with Crippen LogP contribution in [0.5, 0.6) is 0 Å². The molecule has 0 fully saturated rings. The van der Waals surface area contributed by atoms with Gasteiger partial charge in [-0.05, 0) is 31.9 Å². The number of amides is 1. The maximum atomic E-state index is 10.9. The minimum atomic E-state index is -0.0185. The Bertz CT molecular complexity index is 319. The molecule has 15 heavy (non-hydrogen) atoms. The van der Waals surface area contributed by atoms with E-state index < -0.39 is 0 Å². The highest BCUT2D eigenvalue weighted by atomic mass is 16.1. The fraction of sp³-hybridized carbons (Fsp3) is 0.462. The van der Waals surface area contributed by atoms with Gasteiger partial charge < -0.3 is 5.32 Å². The van der Waals surface area contributed by atoms with E-state index in [-0.39, 0.29) is 5.91 Å². The van der Waals surface area contributed by atoms with Crippen molar-refractivity contribution in [3.63, 3.8) is 0 Å². The first-order chi connectivity index (χ1) is 7.00. The number of rotatable bonds is 1. The van der Waals surface area contributed by atoms with Gasteiger partial charge in [-0.3, -0.25) is 4.79 Å². The molecule has 0 aliphatic rings. The molecule has 0 spiro atoms. The topological polar surface area (TPSA) is 29.1 Å². The van der Waals surface area contributed by atoms with E-state index in [0.29, 0.717) is 0 Å². The highest BCUT2D eigenvalue weighted by Crippen LogP contribution is 2.21. The molecule has 0 heterocycles. The first-order valence-electron chi connectivity index (χ1n) is 5.36. The predicted octanol–water partition coefficient (Wildman–Crippen LogP) is 3.60. The molecule has 0 atom stereocenters. The molecule has 0 saturated heterocycles. The average molecular weight is 207 g/mol. The van der Waals surface area contributed by atoms with Gasteiger partial charge in [-0.1, -0.05) is 31.5 Å². The summed E-state index contributed by atoms with van der Waals surface area (Å²) in [6, 6.07) is 4.14. The first kappa shape index (κ1) is 13.7. The standard InChI is InChI=1S/C11H15NO.C2H6/c1-7-5-8(2)11(9(3)6-7)12-10(4)13;1-2/h5-6H,1-4H3,(H,12,13);1-2H3. The molecule has 0 aliphatic carbocycles. The van der Waals surface area contributed by atoms with Gasteiger partial charge in [0.2, 0.25) is 5.91 Å². The second kappa shape index (κ2) is 6.23. The van der Waals surface area contributed by atoms with Crippen molar-refractivity contribution in [1.29, 1.82) is 0 Å². The zero-order valence-corrected chi connectivity index (χ0v) is 10.6. The van der Waals surface area contributed by atoms with Crippen LogP contribution < -0.4 is 5.32 Å². The highest BCUT2D eigenvalue weighted by Gasteiger charge is 2.04. The van der Waals surface area contributed by atoms with Gasteiger partial charge in [0.25, 0.3) is 0 Å². The number of carbonyl (C=O) groups is 1. The lowest BCUT2D eigenvalue weighted by atomic mass is 10.1. The van der Waals surface area contributed by atoms with Crippen molar-refractivity contribution < 1.29 is 4.79 Å². The van der Waals surface area contributed by atoms with Gasteiger partial charge in [0.05, 0.1) is 0 Å². The summed E-state index contributed by atoms with van der Waals surface area (Å²) in [5, 5.41) is 2.83. The molecule has 2 nitrogen and oxygen atoms in total. The molecular formula is C13H21NO. The van der Waals surface area contributed by atoms with Crippen molar-refractivity contribution in [2.24, 2.45) is 0 Å². The fourth-order valence-corrected chi connectivity index (χ4v) is 1.55. The van der Waals surface area contributed by atoms with E-state index in [4.69, 9.17) is 0 Å². The fourth-order valence-electron chi connectivity index (χ4n) is 1.55. The number of hydrogen-bond acceptors (Lipinski definition) is 1. The third kappa shape index (κ3) is 4.15. The number of anilines is 1. The lowest BCUT2D eigenvalue weighted by Gasteiger charge is -2.10. The molecule has 1 amide bonds. The molecule has 2 heteroatoms. The predicted molar refractivity (Wildman–Crippen MR) is 66.3 cm³/mol. The Morgan fingerprint density at radius 3 is 1.80 bits per heavy atom. The van der Waals surface area contributed by atoms with Gasteiger partial charge in [0.1, 0.15) is 0 Å². The van der Waals surface area contributed by atoms with Crippen molar-refractivity contribution in [3.8, 4) is 0 Å². The number of carbonyl (C=O) groups excluding carboxylic acids is 1. The van der Waals surface area contributed by atoms with Gasteiger partial charge in [-0.25, -0.2) is 0 Å². The van der Waals surface area contributed by atoms with Crippen LogP contribution in [0.15, 0.2) is 12.1 Å². The van der Waals surface area contributed by atoms with Gasteiger partial charge in [0, 0.05) is 12.6 Å². The summed E-state index contributed by atoms with van der Waals surface area (Å²) in [5.41, 5.74) is 4.41. The normalized spacial score (nSPS) is 8.93. The van der Waals surface area contributed by atoms with Crippen molar-refractivity contribution in [3.05, 3.63) is 28.8 Å². The Balaban J connectivity index is 0.000000921. The van der Waals surface area contributed by atoms with Gasteiger partial charge in [-0.15, -0.1) is 0 Å². The van der Waals surface area contributed by atoms with Gasteiger partial charge >= 0.3 is 0 Å². The van der Waals surface area contributed by atoms with Crippen LogP contribution in [0.3, 0.4) is 0 Å². The summed E-state index contributed by atoms with van der Waals surface area (Å²) in [4.78, 5) is 10.9. The summed E-state index contributed by atoms with van der Waals surface area (Å²) in [6.45, 7) is 11.6. The van der Waals surface area contributed by atoms with Crippen LogP contribution in [0.2, 0.25) is 0 Å². The first-order valence-corrected chi connectivity index (χ1v) is 5.36. The molecule has 1 rings (SSSR count). The van der Waals surface area contributed by atoms with Gasteiger partial charge in [-0.2, -0.15) is 0 Å². The van der Waals surface area contributed by atoms with Crippen molar-refractivity contribution in [2.45, 2.75) is 41.5 Å². The van der Waals surface area contributed by atoms with Crippen LogP contribution >= 0.6 is 0 Å². The molecule has 84 valence electrons. The molecular weight excluding hydrogens is 186 g/mol. The van der Waals surface area contributed by atoms with E-state index in [1.54, 1.807) is 0 Å². The Kier molecular flexibility index (Phi) is 5.68. The van der Waals surface area contributed by atoms with Crippen molar-refractivity contribution >= 4 is 11.6 Å². The Hall–Kier alpha value is -1.31. The van der Waals surface area contributed by atoms with E-state index in [1.165, 1.54) is 12.5 Å². The summed E-state index contributed by atoms with van der Waals surface area (Å²) >= 11 is 0. The number of nitrogens with one attached hydrogen (secondary N) is 1. The largest absolute Gasteiger partial charge is 0.326 e. The molecule has 1 N–H and O–H groups in total. The molecule has 0 aromatic heterocycles. The zero-order valence-electron chi connectivity index (χ0n) is 10.6. The Morgan fingerprint density at radius 1 is 1.07 bits per heavy atom. The van der Waals surface area contributed by atoms with Crippen LogP contribution in [0.4, 0.5) is 5.69 Å². The maximum Gasteiger partial charge on any atom is 0.221 e. The number of benzene rings is 1. The monoisotopic (exact) mass is 207 g/mol. The molecule has 0 saturated carbocycles. The van der Waals surface area contributed by atoms with Crippen LogP contribution in [0.25, 0.3) is 0 Å². The minimum Gasteiger partial charge on any atom is -0.326 e. The van der Waals surface area contributed by atoms with E-state index in [1.807, 2.05) is 27.7 Å². The molecule has 1 aromatic rings. The number of hydrogen-bond donors (Lipinski definition) is 1. The molecule has 0 radical (unpaired) electrons. The van der Waals surface area contributed by atoms with E-state index in [0.717, 1.165) is 16.8 Å². The summed E-state index contributed by atoms with van der Waals surface area (Å²) in [6.07, 6.45) is 0. The zero-order chi connectivity index (χ0) is 12.0. The van der Waals surface area contributed by atoms with Crippen LogP contribution in [-0.2, 0) is 4.79 Å².